The molecule has 2 N–H and O–H groups in total. The lowest BCUT2D eigenvalue weighted by molar-refractivity contribution is 0.135. The predicted molar refractivity (Wildman–Crippen MR) is 72.9 cm³/mol. The van der Waals surface area contributed by atoms with Crippen LogP contribution in [0.1, 0.15) is 51.2 Å². The smallest absolute Gasteiger partial charge is 0.159 e. The molecule has 1 aromatic carbocycles. The van der Waals surface area contributed by atoms with Crippen LogP contribution in [0.2, 0.25) is 0 Å². The van der Waals surface area contributed by atoms with E-state index in [4.69, 9.17) is 0 Å². The Balaban J connectivity index is 2.42. The van der Waals surface area contributed by atoms with Crippen molar-refractivity contribution in [1.29, 1.82) is 0 Å². The molecule has 0 radical (unpaired) electrons. The highest BCUT2D eigenvalue weighted by Crippen LogP contribution is 2.19. The molecule has 0 saturated carbocycles. The summed E-state index contributed by atoms with van der Waals surface area (Å²) in [4.78, 5) is 0. The van der Waals surface area contributed by atoms with Gasteiger partial charge in [0, 0.05) is 6.04 Å². The van der Waals surface area contributed by atoms with Gasteiger partial charge in [0.15, 0.2) is 11.6 Å². The van der Waals surface area contributed by atoms with E-state index in [1.54, 1.807) is 0 Å². The Bertz CT molecular complexity index is 384. The van der Waals surface area contributed by atoms with Crippen molar-refractivity contribution in [2.45, 2.75) is 51.7 Å². The molecule has 0 heterocycles. The molecule has 4 heteroatoms. The second kappa shape index (κ2) is 8.23. The van der Waals surface area contributed by atoms with E-state index in [2.05, 4.69) is 12.2 Å². The lowest BCUT2D eigenvalue weighted by Gasteiger charge is -2.20. The summed E-state index contributed by atoms with van der Waals surface area (Å²) in [5, 5.41) is 13.3. The summed E-state index contributed by atoms with van der Waals surface area (Å²) in [6, 6.07) is 3.32. The number of aliphatic hydroxyl groups excluding tert-OH is 1. The third kappa shape index (κ3) is 5.25. The van der Waals surface area contributed by atoms with E-state index >= 15 is 0 Å². The number of rotatable bonds is 8. The molecule has 0 fully saturated rings. The second-order valence-corrected chi connectivity index (χ2v) is 4.92. The van der Waals surface area contributed by atoms with Crippen LogP contribution < -0.4 is 5.32 Å². The van der Waals surface area contributed by atoms with Crippen LogP contribution in [0, 0.1) is 11.6 Å². The number of nitrogens with one attached hydrogen (secondary N) is 1. The summed E-state index contributed by atoms with van der Waals surface area (Å²) in [7, 11) is 0. The zero-order chi connectivity index (χ0) is 14.3. The Morgan fingerprint density at radius 3 is 2.53 bits per heavy atom. The highest BCUT2D eigenvalue weighted by atomic mass is 19.2. The third-order valence-corrected chi connectivity index (χ3v) is 3.26. The number of halogens is 2. The number of aliphatic hydroxyl groups is 1. The molecule has 1 rings (SSSR count). The van der Waals surface area contributed by atoms with Gasteiger partial charge in [0.25, 0.3) is 0 Å². The highest BCUT2D eigenvalue weighted by Gasteiger charge is 2.17. The molecular formula is C15H23F2NO. The van der Waals surface area contributed by atoms with Crippen molar-refractivity contribution in [2.24, 2.45) is 0 Å². The second-order valence-electron chi connectivity index (χ2n) is 4.92. The molecule has 0 aliphatic carbocycles. The fraction of sp³-hybridized carbons (Fsp3) is 0.600. The Labute approximate surface area is 113 Å². The normalized spacial score (nSPS) is 14.4. The fourth-order valence-electron chi connectivity index (χ4n) is 1.98. The maximum atomic E-state index is 13.1. The third-order valence-electron chi connectivity index (χ3n) is 3.26. The van der Waals surface area contributed by atoms with Gasteiger partial charge in [0.05, 0.1) is 6.10 Å². The Kier molecular flexibility index (Phi) is 6.95. The summed E-state index contributed by atoms with van der Waals surface area (Å²) < 4.78 is 25.9. The van der Waals surface area contributed by atoms with Gasteiger partial charge in [-0.15, -0.1) is 0 Å². The van der Waals surface area contributed by atoms with Crippen LogP contribution >= 0.6 is 0 Å². The largest absolute Gasteiger partial charge is 0.387 e. The molecule has 19 heavy (non-hydrogen) atoms. The number of unbranched alkanes of at least 4 members (excludes halogenated alkanes) is 3. The SMILES string of the molecule is CCCCCCNC(C)C(O)c1ccc(F)c(F)c1. The average molecular weight is 271 g/mol. The van der Waals surface area contributed by atoms with E-state index in [0.29, 0.717) is 5.56 Å². The molecule has 2 nitrogen and oxygen atoms in total. The molecule has 0 aliphatic rings. The van der Waals surface area contributed by atoms with Gasteiger partial charge in [-0.3, -0.25) is 0 Å². The van der Waals surface area contributed by atoms with Gasteiger partial charge in [0.2, 0.25) is 0 Å². The van der Waals surface area contributed by atoms with Gasteiger partial charge >= 0.3 is 0 Å². The van der Waals surface area contributed by atoms with Crippen LogP contribution in [-0.2, 0) is 0 Å². The minimum absolute atomic E-state index is 0.188. The zero-order valence-electron chi connectivity index (χ0n) is 11.6. The van der Waals surface area contributed by atoms with Crippen molar-refractivity contribution in [3.05, 3.63) is 35.4 Å². The Morgan fingerprint density at radius 2 is 1.89 bits per heavy atom. The van der Waals surface area contributed by atoms with Gasteiger partial charge in [-0.1, -0.05) is 32.3 Å². The maximum Gasteiger partial charge on any atom is 0.159 e. The van der Waals surface area contributed by atoms with E-state index < -0.39 is 17.7 Å². The Hall–Kier alpha value is -1.00. The van der Waals surface area contributed by atoms with E-state index in [1.807, 2.05) is 6.92 Å². The van der Waals surface area contributed by atoms with Crippen LogP contribution in [0.25, 0.3) is 0 Å². The quantitative estimate of drug-likeness (QED) is 0.709. The molecule has 0 bridgehead atoms. The fourth-order valence-corrected chi connectivity index (χ4v) is 1.98. The van der Waals surface area contributed by atoms with Crippen molar-refractivity contribution in [3.63, 3.8) is 0 Å². The van der Waals surface area contributed by atoms with Crippen LogP contribution in [-0.4, -0.2) is 17.7 Å². The molecule has 108 valence electrons. The summed E-state index contributed by atoms with van der Waals surface area (Å²) in [6.45, 7) is 4.82. The van der Waals surface area contributed by atoms with Crippen LogP contribution in [0.4, 0.5) is 8.78 Å². The predicted octanol–water partition coefficient (Wildman–Crippen LogP) is 3.56. The number of hydrogen-bond acceptors (Lipinski definition) is 2. The molecular weight excluding hydrogens is 248 g/mol. The van der Waals surface area contributed by atoms with Gasteiger partial charge in [-0.25, -0.2) is 8.78 Å². The van der Waals surface area contributed by atoms with Crippen LogP contribution in [0.15, 0.2) is 18.2 Å². The van der Waals surface area contributed by atoms with Crippen LogP contribution in [0.3, 0.4) is 0 Å². The summed E-state index contributed by atoms with van der Waals surface area (Å²) in [5.74, 6) is -1.82. The zero-order valence-corrected chi connectivity index (χ0v) is 11.6. The average Bonchev–Trinajstić information content (AvgIpc) is 2.40. The van der Waals surface area contributed by atoms with Gasteiger partial charge in [-0.2, -0.15) is 0 Å². The van der Waals surface area contributed by atoms with Crippen molar-refractivity contribution >= 4 is 0 Å². The summed E-state index contributed by atoms with van der Waals surface area (Å²) in [6.07, 6.45) is 3.79. The van der Waals surface area contributed by atoms with E-state index in [0.717, 1.165) is 31.5 Å². The highest BCUT2D eigenvalue weighted by molar-refractivity contribution is 5.21. The van der Waals surface area contributed by atoms with Crippen molar-refractivity contribution in [3.8, 4) is 0 Å². The molecule has 0 amide bonds. The lowest BCUT2D eigenvalue weighted by atomic mass is 10.0. The maximum absolute atomic E-state index is 13.1. The van der Waals surface area contributed by atoms with Gasteiger partial charge in [0.1, 0.15) is 0 Å². The number of benzene rings is 1. The first-order valence-electron chi connectivity index (χ1n) is 6.92. The first-order chi connectivity index (χ1) is 9.06. The first-order valence-corrected chi connectivity index (χ1v) is 6.92. The minimum Gasteiger partial charge on any atom is -0.387 e. The molecule has 2 unspecified atom stereocenters. The van der Waals surface area contributed by atoms with E-state index in [-0.39, 0.29) is 6.04 Å². The van der Waals surface area contributed by atoms with Crippen molar-refractivity contribution < 1.29 is 13.9 Å². The molecule has 0 aromatic heterocycles. The van der Waals surface area contributed by atoms with E-state index in [1.165, 1.54) is 18.9 Å². The minimum atomic E-state index is -0.924. The molecule has 1 aromatic rings. The van der Waals surface area contributed by atoms with Crippen LogP contribution in [0.5, 0.6) is 0 Å². The van der Waals surface area contributed by atoms with Crippen molar-refractivity contribution in [1.82, 2.24) is 5.32 Å². The lowest BCUT2D eigenvalue weighted by Crippen LogP contribution is -2.33. The molecule has 0 spiro atoms. The van der Waals surface area contributed by atoms with Crippen molar-refractivity contribution in [2.75, 3.05) is 6.54 Å². The summed E-state index contributed by atoms with van der Waals surface area (Å²) in [5.41, 5.74) is 0.396. The van der Waals surface area contributed by atoms with E-state index in [9.17, 15) is 13.9 Å². The standard InChI is InChI=1S/C15H23F2NO/c1-3-4-5-6-9-18-11(2)15(19)12-7-8-13(16)14(17)10-12/h7-8,10-11,15,18-19H,3-6,9H2,1-2H3. The van der Waals surface area contributed by atoms with Gasteiger partial charge < -0.3 is 10.4 Å². The Morgan fingerprint density at radius 1 is 1.16 bits per heavy atom. The monoisotopic (exact) mass is 271 g/mol. The molecule has 0 saturated heterocycles. The molecule has 0 aliphatic heterocycles. The summed E-state index contributed by atoms with van der Waals surface area (Å²) >= 11 is 0. The number of hydrogen-bond donors (Lipinski definition) is 2. The molecule has 2 atom stereocenters. The topological polar surface area (TPSA) is 32.3 Å². The van der Waals surface area contributed by atoms with Gasteiger partial charge in [-0.05, 0) is 37.6 Å². The first kappa shape index (κ1) is 16.1.